The Morgan fingerprint density at radius 3 is 2.58 bits per heavy atom. The van der Waals surface area contributed by atoms with Gasteiger partial charge in [-0.3, -0.25) is 4.79 Å². The SMILES string of the molecule is CC1=NS(=O)(=O)c2cc(C(=O)NCc3cccc4ccccc34)ccc2N1CC(C)C. The smallest absolute Gasteiger partial charge is 0.286 e. The Bertz CT molecular complexity index is 1290. The first kappa shape index (κ1) is 21.1. The van der Waals surface area contributed by atoms with Crippen LogP contribution in [0.5, 0.6) is 0 Å². The highest BCUT2D eigenvalue weighted by Crippen LogP contribution is 2.33. The van der Waals surface area contributed by atoms with E-state index in [0.29, 0.717) is 36.1 Å². The van der Waals surface area contributed by atoms with Gasteiger partial charge in [0.25, 0.3) is 15.9 Å². The summed E-state index contributed by atoms with van der Waals surface area (Å²) in [5.74, 6) is 0.435. The number of hydrogen-bond donors (Lipinski definition) is 1. The van der Waals surface area contributed by atoms with Crippen LogP contribution in [0.1, 0.15) is 36.7 Å². The predicted molar refractivity (Wildman–Crippen MR) is 124 cm³/mol. The van der Waals surface area contributed by atoms with Gasteiger partial charge in [-0.1, -0.05) is 56.3 Å². The first-order valence-electron chi connectivity index (χ1n) is 10.2. The fraction of sp³-hybridized carbons (Fsp3) is 0.250. The Morgan fingerprint density at radius 2 is 1.81 bits per heavy atom. The van der Waals surface area contributed by atoms with Crippen LogP contribution in [0.3, 0.4) is 0 Å². The van der Waals surface area contributed by atoms with Crippen molar-refractivity contribution in [1.82, 2.24) is 5.32 Å². The monoisotopic (exact) mass is 435 g/mol. The number of nitrogens with zero attached hydrogens (tertiary/aromatic N) is 2. The van der Waals surface area contributed by atoms with E-state index >= 15 is 0 Å². The van der Waals surface area contributed by atoms with E-state index < -0.39 is 10.0 Å². The molecule has 0 unspecified atom stereocenters. The molecule has 3 aromatic rings. The molecule has 0 bridgehead atoms. The molecular formula is C24H25N3O3S. The molecule has 31 heavy (non-hydrogen) atoms. The molecule has 4 rings (SSSR count). The molecule has 0 aromatic heterocycles. The molecule has 1 aliphatic rings. The van der Waals surface area contributed by atoms with Gasteiger partial charge < -0.3 is 10.2 Å². The van der Waals surface area contributed by atoms with Crippen molar-refractivity contribution < 1.29 is 13.2 Å². The number of sulfonamides is 1. The number of anilines is 1. The number of carbonyl (C=O) groups is 1. The normalized spacial score (nSPS) is 15.0. The number of amidine groups is 1. The summed E-state index contributed by atoms with van der Waals surface area (Å²) in [6, 6.07) is 18.7. The van der Waals surface area contributed by atoms with Crippen molar-refractivity contribution in [2.24, 2.45) is 10.3 Å². The standard InChI is InChI=1S/C24H25N3O3S/c1-16(2)15-27-17(3)26-31(29,30)23-13-19(11-12-22(23)27)24(28)25-14-20-9-6-8-18-7-4-5-10-21(18)20/h4-13,16H,14-15H2,1-3H3,(H,25,28). The lowest BCUT2D eigenvalue weighted by atomic mass is 10.0. The van der Waals surface area contributed by atoms with Crippen LogP contribution in [0.4, 0.5) is 5.69 Å². The second kappa shape index (κ2) is 8.15. The van der Waals surface area contributed by atoms with Crippen LogP contribution in [0.15, 0.2) is 70.0 Å². The van der Waals surface area contributed by atoms with Crippen LogP contribution >= 0.6 is 0 Å². The van der Waals surface area contributed by atoms with Crippen LogP contribution < -0.4 is 10.2 Å². The Labute approximate surface area is 182 Å². The highest BCUT2D eigenvalue weighted by Gasteiger charge is 2.30. The summed E-state index contributed by atoms with van der Waals surface area (Å²) in [4.78, 5) is 14.8. The Kier molecular flexibility index (Phi) is 5.54. The molecule has 1 N–H and O–H groups in total. The quantitative estimate of drug-likeness (QED) is 0.646. The van der Waals surface area contributed by atoms with Crippen LogP contribution in [0.2, 0.25) is 0 Å². The van der Waals surface area contributed by atoms with Gasteiger partial charge in [0.05, 0.1) is 5.69 Å². The van der Waals surface area contributed by atoms with E-state index in [1.807, 2.05) is 47.4 Å². The van der Waals surface area contributed by atoms with Gasteiger partial charge in [0.2, 0.25) is 0 Å². The van der Waals surface area contributed by atoms with E-state index in [0.717, 1.165) is 16.3 Å². The summed E-state index contributed by atoms with van der Waals surface area (Å²) in [7, 11) is -3.85. The minimum Gasteiger partial charge on any atom is -0.348 e. The Hall–Kier alpha value is -3.19. The van der Waals surface area contributed by atoms with Gasteiger partial charge in [0.15, 0.2) is 0 Å². The Morgan fingerprint density at radius 1 is 1.06 bits per heavy atom. The van der Waals surface area contributed by atoms with Crippen LogP contribution in [0, 0.1) is 5.92 Å². The van der Waals surface area contributed by atoms with Gasteiger partial charge in [-0.05, 0) is 47.4 Å². The highest BCUT2D eigenvalue weighted by molar-refractivity contribution is 7.90. The molecular weight excluding hydrogens is 410 g/mol. The predicted octanol–water partition coefficient (Wildman–Crippen LogP) is 4.35. The molecule has 1 amide bonds. The average molecular weight is 436 g/mol. The van der Waals surface area contributed by atoms with Gasteiger partial charge >= 0.3 is 0 Å². The van der Waals surface area contributed by atoms with E-state index in [2.05, 4.69) is 23.6 Å². The number of hydrogen-bond acceptors (Lipinski definition) is 4. The fourth-order valence-corrected chi connectivity index (χ4v) is 5.11. The van der Waals surface area contributed by atoms with Gasteiger partial charge in [-0.2, -0.15) is 8.42 Å². The number of fused-ring (bicyclic) bond motifs is 2. The zero-order valence-corrected chi connectivity index (χ0v) is 18.6. The molecule has 0 fully saturated rings. The molecule has 0 atom stereocenters. The third-order valence-corrected chi connectivity index (χ3v) is 6.69. The largest absolute Gasteiger partial charge is 0.348 e. The molecule has 0 saturated carbocycles. The maximum absolute atomic E-state index is 12.8. The van der Waals surface area contributed by atoms with Crippen molar-refractivity contribution in [3.8, 4) is 0 Å². The van der Waals surface area contributed by atoms with E-state index in [4.69, 9.17) is 0 Å². The number of carbonyl (C=O) groups excluding carboxylic acids is 1. The topological polar surface area (TPSA) is 78.8 Å². The van der Waals surface area contributed by atoms with Gasteiger partial charge in [-0.25, -0.2) is 0 Å². The van der Waals surface area contributed by atoms with Crippen LogP contribution in [0.25, 0.3) is 10.8 Å². The zero-order valence-electron chi connectivity index (χ0n) is 17.8. The molecule has 6 nitrogen and oxygen atoms in total. The number of rotatable bonds is 5. The molecule has 0 aliphatic carbocycles. The summed E-state index contributed by atoms with van der Waals surface area (Å²) in [6.07, 6.45) is 0. The summed E-state index contributed by atoms with van der Waals surface area (Å²) < 4.78 is 29.2. The van der Waals surface area contributed by atoms with Crippen molar-refractivity contribution in [3.63, 3.8) is 0 Å². The van der Waals surface area contributed by atoms with E-state index in [1.54, 1.807) is 19.1 Å². The molecule has 1 heterocycles. The summed E-state index contributed by atoms with van der Waals surface area (Å²) >= 11 is 0. The van der Waals surface area contributed by atoms with Crippen molar-refractivity contribution in [1.29, 1.82) is 0 Å². The molecule has 3 aromatic carbocycles. The number of amides is 1. The van der Waals surface area contributed by atoms with Crippen molar-refractivity contribution >= 4 is 38.2 Å². The number of benzene rings is 3. The van der Waals surface area contributed by atoms with E-state index in [-0.39, 0.29) is 10.8 Å². The summed E-state index contributed by atoms with van der Waals surface area (Å²) in [5.41, 5.74) is 1.86. The maximum Gasteiger partial charge on any atom is 0.286 e. The highest BCUT2D eigenvalue weighted by atomic mass is 32.2. The molecule has 7 heteroatoms. The third-order valence-electron chi connectivity index (χ3n) is 5.30. The number of nitrogens with one attached hydrogen (secondary N) is 1. The second-order valence-corrected chi connectivity index (χ2v) is 9.69. The van der Waals surface area contributed by atoms with Gasteiger partial charge in [0, 0.05) is 18.7 Å². The molecule has 0 radical (unpaired) electrons. The molecule has 160 valence electrons. The first-order chi connectivity index (χ1) is 14.8. The fourth-order valence-electron chi connectivity index (χ4n) is 3.85. The summed E-state index contributed by atoms with van der Waals surface area (Å²) in [5, 5.41) is 5.09. The first-order valence-corrected chi connectivity index (χ1v) is 11.7. The van der Waals surface area contributed by atoms with Gasteiger partial charge in [-0.15, -0.1) is 4.40 Å². The summed E-state index contributed by atoms with van der Waals surface area (Å²) in [6.45, 7) is 6.80. The minimum absolute atomic E-state index is 0.0663. The molecule has 0 saturated heterocycles. The van der Waals surface area contributed by atoms with Gasteiger partial charge in [0.1, 0.15) is 10.7 Å². The molecule has 0 spiro atoms. The Balaban J connectivity index is 1.61. The van der Waals surface area contributed by atoms with Crippen LogP contribution in [-0.4, -0.2) is 26.7 Å². The maximum atomic E-state index is 12.8. The average Bonchev–Trinajstić information content (AvgIpc) is 2.74. The lowest BCUT2D eigenvalue weighted by Gasteiger charge is -2.30. The minimum atomic E-state index is -3.85. The van der Waals surface area contributed by atoms with Crippen molar-refractivity contribution in [3.05, 3.63) is 71.8 Å². The van der Waals surface area contributed by atoms with E-state index in [9.17, 15) is 13.2 Å². The second-order valence-electron chi connectivity index (χ2n) is 8.12. The van der Waals surface area contributed by atoms with Crippen molar-refractivity contribution in [2.45, 2.75) is 32.2 Å². The third kappa shape index (κ3) is 4.18. The van der Waals surface area contributed by atoms with Crippen LogP contribution in [-0.2, 0) is 16.6 Å². The lowest BCUT2D eigenvalue weighted by Crippen LogP contribution is -2.36. The van der Waals surface area contributed by atoms with Crippen molar-refractivity contribution in [2.75, 3.05) is 11.4 Å². The van der Waals surface area contributed by atoms with E-state index in [1.165, 1.54) is 6.07 Å². The molecule has 1 aliphatic heterocycles. The zero-order chi connectivity index (χ0) is 22.2. The lowest BCUT2D eigenvalue weighted by molar-refractivity contribution is 0.0951.